The molecule has 2 aromatic rings. The Morgan fingerprint density at radius 2 is 1.61 bits per heavy atom. The highest BCUT2D eigenvalue weighted by Gasteiger charge is 2.23. The fourth-order valence-corrected chi connectivity index (χ4v) is 2.87. The summed E-state index contributed by atoms with van der Waals surface area (Å²) in [6.07, 6.45) is 3.65. The van der Waals surface area contributed by atoms with Crippen LogP contribution in [0.25, 0.3) is 16.7 Å². The maximum Gasteiger partial charge on any atom is -0.00728 e. The van der Waals surface area contributed by atoms with E-state index in [0.717, 1.165) is 6.42 Å². The standard InChI is InChI=1S/C18H18/c1-3-4-8-14-9-7-12-17-16-11-6-5-10-15(16)13(2)18(14)17/h5-7,9-12H,2-4,8H2,1H3. The molecule has 0 N–H and O–H groups in total. The van der Waals surface area contributed by atoms with Gasteiger partial charge in [-0.05, 0) is 46.2 Å². The minimum Gasteiger partial charge on any atom is -0.0905 e. The van der Waals surface area contributed by atoms with Crippen molar-refractivity contribution in [2.75, 3.05) is 0 Å². The molecule has 0 heteroatoms. The summed E-state index contributed by atoms with van der Waals surface area (Å²) in [4.78, 5) is 0. The predicted molar refractivity (Wildman–Crippen MR) is 78.6 cm³/mol. The molecular weight excluding hydrogens is 216 g/mol. The molecule has 90 valence electrons. The van der Waals surface area contributed by atoms with Gasteiger partial charge in [0, 0.05) is 0 Å². The first-order valence-electron chi connectivity index (χ1n) is 6.74. The normalized spacial score (nSPS) is 12.4. The smallest absolute Gasteiger partial charge is 0.00728 e. The van der Waals surface area contributed by atoms with Gasteiger partial charge in [0.2, 0.25) is 0 Å². The number of hydrogen-bond acceptors (Lipinski definition) is 0. The Labute approximate surface area is 109 Å². The first kappa shape index (κ1) is 11.3. The number of benzene rings is 2. The molecule has 0 bridgehead atoms. The van der Waals surface area contributed by atoms with Gasteiger partial charge in [-0.25, -0.2) is 0 Å². The lowest BCUT2D eigenvalue weighted by Gasteiger charge is -2.08. The molecule has 0 atom stereocenters. The Morgan fingerprint density at radius 3 is 2.39 bits per heavy atom. The van der Waals surface area contributed by atoms with Crippen molar-refractivity contribution in [2.45, 2.75) is 26.2 Å². The van der Waals surface area contributed by atoms with Crippen LogP contribution in [0.3, 0.4) is 0 Å². The molecule has 0 amide bonds. The molecule has 0 unspecified atom stereocenters. The molecule has 1 aliphatic carbocycles. The summed E-state index contributed by atoms with van der Waals surface area (Å²) in [5.41, 5.74) is 8.05. The molecule has 0 radical (unpaired) electrons. The van der Waals surface area contributed by atoms with E-state index in [-0.39, 0.29) is 0 Å². The highest BCUT2D eigenvalue weighted by atomic mass is 14.3. The highest BCUT2D eigenvalue weighted by molar-refractivity contribution is 6.01. The lowest BCUT2D eigenvalue weighted by molar-refractivity contribution is 0.794. The molecule has 18 heavy (non-hydrogen) atoms. The van der Waals surface area contributed by atoms with Gasteiger partial charge in [-0.2, -0.15) is 0 Å². The van der Waals surface area contributed by atoms with E-state index in [2.05, 4.69) is 56.0 Å². The van der Waals surface area contributed by atoms with Crippen molar-refractivity contribution in [1.29, 1.82) is 0 Å². The molecule has 0 aliphatic heterocycles. The van der Waals surface area contributed by atoms with E-state index in [1.54, 1.807) is 0 Å². The van der Waals surface area contributed by atoms with Gasteiger partial charge in [0.15, 0.2) is 0 Å². The Morgan fingerprint density at radius 1 is 0.889 bits per heavy atom. The maximum atomic E-state index is 4.31. The van der Waals surface area contributed by atoms with Crippen LogP contribution in [0.15, 0.2) is 49.0 Å². The van der Waals surface area contributed by atoms with Crippen LogP contribution < -0.4 is 0 Å². The summed E-state index contributed by atoms with van der Waals surface area (Å²) >= 11 is 0. The van der Waals surface area contributed by atoms with Crippen molar-refractivity contribution in [2.24, 2.45) is 0 Å². The summed E-state index contributed by atoms with van der Waals surface area (Å²) in [7, 11) is 0. The third kappa shape index (κ3) is 1.60. The number of aryl methyl sites for hydroxylation is 1. The molecule has 0 fully saturated rings. The van der Waals surface area contributed by atoms with Crippen LogP contribution in [0.1, 0.15) is 36.5 Å². The van der Waals surface area contributed by atoms with Crippen LogP contribution in [0.5, 0.6) is 0 Å². The molecule has 0 aromatic heterocycles. The highest BCUT2D eigenvalue weighted by Crippen LogP contribution is 2.44. The van der Waals surface area contributed by atoms with Crippen LogP contribution in [-0.4, -0.2) is 0 Å². The van der Waals surface area contributed by atoms with Crippen LogP contribution >= 0.6 is 0 Å². The van der Waals surface area contributed by atoms with E-state index in [0.29, 0.717) is 0 Å². The van der Waals surface area contributed by atoms with E-state index < -0.39 is 0 Å². The van der Waals surface area contributed by atoms with Crippen molar-refractivity contribution in [1.82, 2.24) is 0 Å². The molecular formula is C18H18. The van der Waals surface area contributed by atoms with Crippen molar-refractivity contribution >= 4 is 5.57 Å². The number of rotatable bonds is 3. The van der Waals surface area contributed by atoms with Gasteiger partial charge in [-0.1, -0.05) is 62.4 Å². The second kappa shape index (κ2) is 4.45. The molecule has 0 heterocycles. The van der Waals surface area contributed by atoms with Crippen LogP contribution in [-0.2, 0) is 6.42 Å². The molecule has 0 nitrogen and oxygen atoms in total. The third-order valence-corrected chi connectivity index (χ3v) is 3.79. The zero-order valence-corrected chi connectivity index (χ0v) is 10.9. The molecule has 1 aliphatic rings. The van der Waals surface area contributed by atoms with Gasteiger partial charge in [0.25, 0.3) is 0 Å². The summed E-state index contributed by atoms with van der Waals surface area (Å²) in [6, 6.07) is 15.3. The van der Waals surface area contributed by atoms with Gasteiger partial charge < -0.3 is 0 Å². The molecule has 3 rings (SSSR count). The number of hydrogen-bond donors (Lipinski definition) is 0. The third-order valence-electron chi connectivity index (χ3n) is 3.79. The van der Waals surface area contributed by atoms with Gasteiger partial charge in [-0.3, -0.25) is 0 Å². The van der Waals surface area contributed by atoms with Gasteiger partial charge in [-0.15, -0.1) is 0 Å². The van der Waals surface area contributed by atoms with Gasteiger partial charge >= 0.3 is 0 Å². The minimum atomic E-state index is 1.16. The summed E-state index contributed by atoms with van der Waals surface area (Å²) in [5.74, 6) is 0. The largest absolute Gasteiger partial charge is 0.0905 e. The lowest BCUT2D eigenvalue weighted by atomic mass is 9.96. The van der Waals surface area contributed by atoms with Crippen LogP contribution in [0.2, 0.25) is 0 Å². The summed E-state index contributed by atoms with van der Waals surface area (Å²) < 4.78 is 0. The fourth-order valence-electron chi connectivity index (χ4n) is 2.87. The monoisotopic (exact) mass is 234 g/mol. The number of unbranched alkanes of at least 4 members (excludes halogenated alkanes) is 1. The van der Waals surface area contributed by atoms with Crippen LogP contribution in [0.4, 0.5) is 0 Å². The second-order valence-corrected chi connectivity index (χ2v) is 4.97. The van der Waals surface area contributed by atoms with E-state index >= 15 is 0 Å². The van der Waals surface area contributed by atoms with Crippen molar-refractivity contribution < 1.29 is 0 Å². The van der Waals surface area contributed by atoms with E-state index in [1.165, 1.54) is 46.2 Å². The zero-order valence-electron chi connectivity index (χ0n) is 10.9. The summed E-state index contributed by atoms with van der Waals surface area (Å²) in [5, 5.41) is 0. The van der Waals surface area contributed by atoms with Gasteiger partial charge in [0.1, 0.15) is 0 Å². The summed E-state index contributed by atoms with van der Waals surface area (Å²) in [6.45, 7) is 6.55. The lowest BCUT2D eigenvalue weighted by Crippen LogP contribution is -1.91. The molecule has 0 spiro atoms. The first-order valence-corrected chi connectivity index (χ1v) is 6.74. The average Bonchev–Trinajstić information content (AvgIpc) is 2.72. The Bertz CT molecular complexity index is 605. The number of fused-ring (bicyclic) bond motifs is 3. The molecule has 0 saturated heterocycles. The molecule has 2 aromatic carbocycles. The van der Waals surface area contributed by atoms with Crippen molar-refractivity contribution in [3.63, 3.8) is 0 Å². The SMILES string of the molecule is C=C1c2ccccc2-c2cccc(CCCC)c21. The molecule has 0 saturated carbocycles. The quantitative estimate of drug-likeness (QED) is 0.593. The second-order valence-electron chi connectivity index (χ2n) is 4.97. The topological polar surface area (TPSA) is 0 Å². The van der Waals surface area contributed by atoms with E-state index in [1.807, 2.05) is 0 Å². The first-order chi connectivity index (χ1) is 8.83. The Balaban J connectivity index is 2.15. The maximum absolute atomic E-state index is 4.31. The average molecular weight is 234 g/mol. The van der Waals surface area contributed by atoms with E-state index in [4.69, 9.17) is 0 Å². The fraction of sp³-hybridized carbons (Fsp3) is 0.222. The van der Waals surface area contributed by atoms with E-state index in [9.17, 15) is 0 Å². The van der Waals surface area contributed by atoms with Gasteiger partial charge in [0.05, 0.1) is 0 Å². The van der Waals surface area contributed by atoms with Crippen molar-refractivity contribution in [3.8, 4) is 11.1 Å². The minimum absolute atomic E-state index is 1.16. The predicted octanol–water partition coefficient (Wildman–Crippen LogP) is 5.07. The Kier molecular flexibility index (Phi) is 2.79. The van der Waals surface area contributed by atoms with Crippen molar-refractivity contribution in [3.05, 3.63) is 65.7 Å². The zero-order chi connectivity index (χ0) is 12.5. The Hall–Kier alpha value is -1.82. The van der Waals surface area contributed by atoms with Crippen LogP contribution in [0, 0.1) is 0 Å².